The van der Waals surface area contributed by atoms with E-state index in [2.05, 4.69) is 35.1 Å². The first kappa shape index (κ1) is 19.6. The molecule has 0 saturated heterocycles. The molecular formula is C20H23N9O. The van der Waals surface area contributed by atoms with Crippen molar-refractivity contribution in [3.63, 3.8) is 0 Å². The predicted molar refractivity (Wildman–Crippen MR) is 111 cm³/mol. The van der Waals surface area contributed by atoms with E-state index in [1.807, 2.05) is 44.0 Å². The van der Waals surface area contributed by atoms with E-state index in [4.69, 9.17) is 10.3 Å². The summed E-state index contributed by atoms with van der Waals surface area (Å²) < 4.78 is 7.33. The quantitative estimate of drug-likeness (QED) is 0.492. The van der Waals surface area contributed by atoms with Crippen molar-refractivity contribution in [2.24, 2.45) is 0 Å². The van der Waals surface area contributed by atoms with Crippen molar-refractivity contribution < 1.29 is 4.52 Å². The van der Waals surface area contributed by atoms with Crippen LogP contribution < -0.4 is 5.73 Å². The molecule has 30 heavy (non-hydrogen) atoms. The number of nitrogen functional groups attached to an aromatic ring is 1. The maximum absolute atomic E-state index is 5.58. The van der Waals surface area contributed by atoms with Crippen LogP contribution in [-0.4, -0.2) is 60.4 Å². The van der Waals surface area contributed by atoms with Gasteiger partial charge in [0.2, 0.25) is 0 Å². The Bertz CT molecular complexity index is 1100. The molecule has 0 aliphatic heterocycles. The zero-order chi connectivity index (χ0) is 21.1. The minimum atomic E-state index is -0.0784. The first-order valence-corrected chi connectivity index (χ1v) is 9.54. The fraction of sp³-hybridized carbons (Fsp3) is 0.300. The van der Waals surface area contributed by atoms with Crippen molar-refractivity contribution in [3.05, 3.63) is 54.5 Å². The van der Waals surface area contributed by atoms with E-state index >= 15 is 0 Å². The van der Waals surface area contributed by atoms with Crippen molar-refractivity contribution in [3.8, 4) is 22.8 Å². The zero-order valence-electron chi connectivity index (χ0n) is 17.1. The van der Waals surface area contributed by atoms with E-state index in [0.29, 0.717) is 23.2 Å². The summed E-state index contributed by atoms with van der Waals surface area (Å²) in [5, 5.41) is 8.50. The highest BCUT2D eigenvalue weighted by Crippen LogP contribution is 2.25. The van der Waals surface area contributed by atoms with Gasteiger partial charge in [-0.05, 0) is 25.7 Å². The molecule has 4 aromatic rings. The lowest BCUT2D eigenvalue weighted by atomic mass is 10.0. The first-order valence-electron chi connectivity index (χ1n) is 9.54. The Hall–Kier alpha value is -3.66. The van der Waals surface area contributed by atoms with Crippen molar-refractivity contribution in [2.45, 2.75) is 19.4 Å². The van der Waals surface area contributed by atoms with Gasteiger partial charge < -0.3 is 15.2 Å². The van der Waals surface area contributed by atoms with E-state index in [1.54, 1.807) is 18.6 Å². The van der Waals surface area contributed by atoms with Gasteiger partial charge in [-0.15, -0.1) is 0 Å². The minimum Gasteiger partial charge on any atom is -0.382 e. The number of rotatable bonds is 7. The van der Waals surface area contributed by atoms with Crippen LogP contribution in [0.2, 0.25) is 0 Å². The molecule has 154 valence electrons. The molecule has 0 spiro atoms. The fourth-order valence-corrected chi connectivity index (χ4v) is 2.86. The summed E-state index contributed by atoms with van der Waals surface area (Å²) in [7, 11) is 4.06. The molecular weight excluding hydrogens is 382 g/mol. The van der Waals surface area contributed by atoms with E-state index in [0.717, 1.165) is 29.9 Å². The van der Waals surface area contributed by atoms with Gasteiger partial charge in [0.1, 0.15) is 11.5 Å². The number of nitrogens with two attached hydrogens (primary N) is 1. The first-order chi connectivity index (χ1) is 14.5. The highest BCUT2D eigenvalue weighted by atomic mass is 16.5. The predicted octanol–water partition coefficient (Wildman–Crippen LogP) is 2.08. The SMILES string of the molecule is CC(c1ccc(-c2cnc(N)cn2)nc1)c1noc(-c2cnn(CCN(C)C)c2)n1. The van der Waals surface area contributed by atoms with Crippen LogP contribution in [0.4, 0.5) is 5.82 Å². The molecule has 4 rings (SSSR count). The van der Waals surface area contributed by atoms with Crippen LogP contribution in [0.5, 0.6) is 0 Å². The molecule has 10 nitrogen and oxygen atoms in total. The Labute approximate surface area is 173 Å². The Balaban J connectivity index is 1.47. The van der Waals surface area contributed by atoms with Crippen LogP contribution in [0.15, 0.2) is 47.6 Å². The monoisotopic (exact) mass is 405 g/mol. The maximum Gasteiger partial charge on any atom is 0.261 e. The zero-order valence-corrected chi connectivity index (χ0v) is 17.1. The van der Waals surface area contributed by atoms with Gasteiger partial charge in [0.25, 0.3) is 5.89 Å². The molecule has 0 aliphatic rings. The summed E-state index contributed by atoms with van der Waals surface area (Å²) in [4.78, 5) is 19.4. The van der Waals surface area contributed by atoms with Crippen LogP contribution >= 0.6 is 0 Å². The van der Waals surface area contributed by atoms with Gasteiger partial charge in [-0.3, -0.25) is 9.67 Å². The van der Waals surface area contributed by atoms with Crippen LogP contribution in [0.25, 0.3) is 22.8 Å². The van der Waals surface area contributed by atoms with Gasteiger partial charge in [0.05, 0.1) is 36.4 Å². The normalized spacial score (nSPS) is 12.4. The molecule has 1 atom stereocenters. The van der Waals surface area contributed by atoms with Gasteiger partial charge in [-0.25, -0.2) is 9.97 Å². The highest BCUT2D eigenvalue weighted by molar-refractivity contribution is 5.54. The molecule has 0 bridgehead atoms. The standard InChI is InChI=1S/C20H23N9O/c1-13(14-4-5-16(22-8-14)17-10-24-18(21)11-23-17)19-26-20(30-27-19)15-9-25-29(12-15)7-6-28(2)3/h4-5,8-13H,6-7H2,1-3H3,(H2,21,24). The number of nitrogens with zero attached hydrogens (tertiary/aromatic N) is 8. The molecule has 0 saturated carbocycles. The third kappa shape index (κ3) is 4.33. The maximum atomic E-state index is 5.58. The topological polar surface area (TPSA) is 125 Å². The van der Waals surface area contributed by atoms with Crippen molar-refractivity contribution in [1.82, 2.24) is 39.8 Å². The summed E-state index contributed by atoms with van der Waals surface area (Å²) in [6.45, 7) is 3.70. The smallest absolute Gasteiger partial charge is 0.261 e. The number of hydrogen-bond acceptors (Lipinski definition) is 9. The third-order valence-electron chi connectivity index (χ3n) is 4.71. The van der Waals surface area contributed by atoms with Crippen molar-refractivity contribution in [1.29, 1.82) is 0 Å². The molecule has 0 radical (unpaired) electrons. The van der Waals surface area contributed by atoms with Gasteiger partial charge in [0.15, 0.2) is 5.82 Å². The molecule has 2 N–H and O–H groups in total. The molecule has 0 aliphatic carbocycles. The van der Waals surface area contributed by atoms with Crippen molar-refractivity contribution in [2.75, 3.05) is 26.4 Å². The van der Waals surface area contributed by atoms with Crippen molar-refractivity contribution >= 4 is 5.82 Å². The summed E-state index contributed by atoms with van der Waals surface area (Å²) >= 11 is 0. The lowest BCUT2D eigenvalue weighted by molar-refractivity contribution is 0.373. The average Bonchev–Trinajstić information content (AvgIpc) is 3.42. The third-order valence-corrected chi connectivity index (χ3v) is 4.71. The molecule has 0 aromatic carbocycles. The lowest BCUT2D eigenvalue weighted by Gasteiger charge is -2.08. The molecule has 1 unspecified atom stereocenters. The van der Waals surface area contributed by atoms with Gasteiger partial charge in [-0.1, -0.05) is 18.1 Å². The fourth-order valence-electron chi connectivity index (χ4n) is 2.86. The molecule has 10 heteroatoms. The molecule has 4 heterocycles. The van der Waals surface area contributed by atoms with Gasteiger partial charge in [-0.2, -0.15) is 10.1 Å². The lowest BCUT2D eigenvalue weighted by Crippen LogP contribution is -2.18. The Morgan fingerprint density at radius 1 is 1.07 bits per heavy atom. The number of likely N-dealkylation sites (N-methyl/N-ethyl adjacent to an activating group) is 1. The molecule has 4 aromatic heterocycles. The van der Waals surface area contributed by atoms with E-state index in [1.165, 1.54) is 6.20 Å². The Kier molecular flexibility index (Phi) is 5.48. The summed E-state index contributed by atoms with van der Waals surface area (Å²) in [5.41, 5.74) is 8.73. The highest BCUT2D eigenvalue weighted by Gasteiger charge is 2.18. The minimum absolute atomic E-state index is 0.0784. The Morgan fingerprint density at radius 2 is 1.90 bits per heavy atom. The van der Waals surface area contributed by atoms with E-state index in [9.17, 15) is 0 Å². The van der Waals surface area contributed by atoms with Crippen LogP contribution in [0.3, 0.4) is 0 Å². The van der Waals surface area contributed by atoms with E-state index in [-0.39, 0.29) is 5.92 Å². The molecule has 0 amide bonds. The number of aromatic nitrogens is 7. The number of hydrogen-bond donors (Lipinski definition) is 1. The van der Waals surface area contributed by atoms with Gasteiger partial charge in [0, 0.05) is 24.9 Å². The number of anilines is 1. The molecule has 0 fully saturated rings. The average molecular weight is 405 g/mol. The largest absolute Gasteiger partial charge is 0.382 e. The summed E-state index contributed by atoms with van der Waals surface area (Å²) in [5.74, 6) is 1.34. The van der Waals surface area contributed by atoms with Gasteiger partial charge >= 0.3 is 0 Å². The number of pyridine rings is 1. The second-order valence-electron chi connectivity index (χ2n) is 7.28. The van der Waals surface area contributed by atoms with Crippen LogP contribution in [0.1, 0.15) is 24.2 Å². The summed E-state index contributed by atoms with van der Waals surface area (Å²) in [6, 6.07) is 3.86. The Morgan fingerprint density at radius 3 is 2.60 bits per heavy atom. The summed E-state index contributed by atoms with van der Waals surface area (Å²) in [6.07, 6.45) is 8.55. The van der Waals surface area contributed by atoms with E-state index < -0.39 is 0 Å². The van der Waals surface area contributed by atoms with Crippen LogP contribution in [0, 0.1) is 0 Å². The second-order valence-corrected chi connectivity index (χ2v) is 7.28. The second kappa shape index (κ2) is 8.37. The van der Waals surface area contributed by atoms with Crippen LogP contribution in [-0.2, 0) is 6.54 Å².